The normalized spacial score (nSPS) is 11.9. The van der Waals surface area contributed by atoms with Gasteiger partial charge in [-0.3, -0.25) is 0 Å². The average Bonchev–Trinajstić information content (AvgIpc) is 3.91. The molecule has 0 spiro atoms. The summed E-state index contributed by atoms with van der Waals surface area (Å²) in [6.07, 6.45) is 0. The van der Waals surface area contributed by atoms with E-state index in [1.165, 1.54) is 0 Å². The molecule has 7 heteroatoms. The number of fused-ring (bicyclic) bond motifs is 10. The predicted molar refractivity (Wildman–Crippen MR) is 201 cm³/mol. The van der Waals surface area contributed by atoms with Crippen molar-refractivity contribution in [1.82, 2.24) is 19.9 Å². The van der Waals surface area contributed by atoms with Crippen LogP contribution < -0.4 is 0 Å². The number of furan rings is 2. The number of benzene rings is 7. The van der Waals surface area contributed by atoms with Crippen LogP contribution in [0.2, 0.25) is 0 Å². The Morgan fingerprint density at radius 3 is 1.76 bits per heavy atom. The Bertz CT molecular complexity index is 3140. The van der Waals surface area contributed by atoms with Gasteiger partial charge in [0.15, 0.2) is 23.1 Å². The first-order chi connectivity index (χ1) is 25.3. The molecular formula is C44H24N4O3. The van der Waals surface area contributed by atoms with Gasteiger partial charge in [-0.1, -0.05) is 97.1 Å². The fourth-order valence-electron chi connectivity index (χ4n) is 7.29. The number of hydrogen-bond acceptors (Lipinski definition) is 7. The van der Waals surface area contributed by atoms with E-state index in [4.69, 9.17) is 33.2 Å². The highest BCUT2D eigenvalue weighted by atomic mass is 16.4. The summed E-state index contributed by atoms with van der Waals surface area (Å²) in [5, 5.41) is 5.86. The van der Waals surface area contributed by atoms with E-state index >= 15 is 0 Å². The monoisotopic (exact) mass is 656 g/mol. The van der Waals surface area contributed by atoms with Crippen molar-refractivity contribution in [2.75, 3.05) is 0 Å². The van der Waals surface area contributed by atoms with Crippen LogP contribution in [-0.2, 0) is 0 Å². The minimum Gasteiger partial charge on any atom is -0.456 e. The van der Waals surface area contributed by atoms with E-state index in [1.807, 2.05) is 115 Å². The lowest BCUT2D eigenvalue weighted by atomic mass is 9.98. The Kier molecular flexibility index (Phi) is 5.83. The molecule has 0 radical (unpaired) electrons. The van der Waals surface area contributed by atoms with Gasteiger partial charge in [0.2, 0.25) is 5.89 Å². The minimum atomic E-state index is 0.569. The Morgan fingerprint density at radius 1 is 0.314 bits per heavy atom. The quantitative estimate of drug-likeness (QED) is 0.186. The van der Waals surface area contributed by atoms with Crippen LogP contribution in [0.3, 0.4) is 0 Å². The lowest BCUT2D eigenvalue weighted by Gasteiger charge is -2.11. The molecule has 7 nitrogen and oxygen atoms in total. The third-order valence-corrected chi connectivity index (χ3v) is 9.59. The molecule has 0 atom stereocenters. The van der Waals surface area contributed by atoms with Crippen LogP contribution in [0.1, 0.15) is 0 Å². The van der Waals surface area contributed by atoms with Gasteiger partial charge in [-0.05, 0) is 59.3 Å². The van der Waals surface area contributed by atoms with Crippen LogP contribution >= 0.6 is 0 Å². The fourth-order valence-corrected chi connectivity index (χ4v) is 7.29. The SMILES string of the molecule is c1ccc(-c2nc(-c3cccc4c3ccc3oc5ccc6oc(-c7ccccc7)nc6c5c34)nc(-c3cccc4oc5ccccc5c34)n2)cc1. The largest absolute Gasteiger partial charge is 0.456 e. The van der Waals surface area contributed by atoms with Crippen molar-refractivity contribution >= 4 is 65.7 Å². The zero-order valence-electron chi connectivity index (χ0n) is 26.9. The summed E-state index contributed by atoms with van der Waals surface area (Å²) in [5.74, 6) is 2.30. The van der Waals surface area contributed by atoms with Crippen molar-refractivity contribution in [1.29, 1.82) is 0 Å². The third kappa shape index (κ3) is 4.25. The van der Waals surface area contributed by atoms with Gasteiger partial charge in [-0.15, -0.1) is 0 Å². The van der Waals surface area contributed by atoms with Crippen LogP contribution in [0.25, 0.3) is 111 Å². The second-order valence-electron chi connectivity index (χ2n) is 12.6. The molecule has 0 unspecified atom stereocenters. The van der Waals surface area contributed by atoms with Gasteiger partial charge in [0.1, 0.15) is 27.8 Å². The molecule has 11 aromatic rings. The summed E-state index contributed by atoms with van der Waals surface area (Å²) in [5.41, 5.74) is 8.16. The van der Waals surface area contributed by atoms with Crippen LogP contribution in [0.5, 0.6) is 0 Å². The molecule has 0 saturated heterocycles. The van der Waals surface area contributed by atoms with Crippen LogP contribution in [0.4, 0.5) is 0 Å². The molecule has 0 N–H and O–H groups in total. The highest BCUT2D eigenvalue weighted by molar-refractivity contribution is 6.26. The van der Waals surface area contributed by atoms with E-state index < -0.39 is 0 Å². The molecule has 7 aromatic carbocycles. The lowest BCUT2D eigenvalue weighted by Crippen LogP contribution is -2.00. The van der Waals surface area contributed by atoms with Gasteiger partial charge in [-0.25, -0.2) is 19.9 Å². The number of para-hydroxylation sites is 1. The van der Waals surface area contributed by atoms with Crippen LogP contribution in [0.15, 0.2) is 159 Å². The molecule has 4 aromatic heterocycles. The minimum absolute atomic E-state index is 0.569. The van der Waals surface area contributed by atoms with Crippen LogP contribution in [-0.4, -0.2) is 19.9 Å². The van der Waals surface area contributed by atoms with Crippen molar-refractivity contribution in [3.05, 3.63) is 146 Å². The Balaban J connectivity index is 1.17. The summed E-state index contributed by atoms with van der Waals surface area (Å²) in [6, 6.07) is 48.3. The molecule has 0 amide bonds. The maximum Gasteiger partial charge on any atom is 0.227 e. The molecule has 0 fully saturated rings. The van der Waals surface area contributed by atoms with Gasteiger partial charge in [0.25, 0.3) is 0 Å². The van der Waals surface area contributed by atoms with Crippen molar-refractivity contribution in [3.63, 3.8) is 0 Å². The summed E-state index contributed by atoms with van der Waals surface area (Å²) in [6.45, 7) is 0. The van der Waals surface area contributed by atoms with E-state index in [9.17, 15) is 0 Å². The predicted octanol–water partition coefficient (Wildman–Crippen LogP) is 11.6. The van der Waals surface area contributed by atoms with Gasteiger partial charge >= 0.3 is 0 Å². The zero-order chi connectivity index (χ0) is 33.5. The number of aromatic nitrogens is 4. The average molecular weight is 657 g/mol. The van der Waals surface area contributed by atoms with Crippen molar-refractivity contribution < 1.29 is 13.3 Å². The molecule has 51 heavy (non-hydrogen) atoms. The van der Waals surface area contributed by atoms with Crippen molar-refractivity contribution in [3.8, 4) is 45.6 Å². The number of nitrogens with zero attached hydrogens (tertiary/aromatic N) is 4. The van der Waals surface area contributed by atoms with E-state index in [-0.39, 0.29) is 0 Å². The molecule has 0 aliphatic rings. The topological polar surface area (TPSA) is 91.0 Å². The van der Waals surface area contributed by atoms with E-state index in [0.717, 1.165) is 82.4 Å². The zero-order valence-corrected chi connectivity index (χ0v) is 26.9. The maximum absolute atomic E-state index is 6.42. The molecule has 0 bridgehead atoms. The second-order valence-corrected chi connectivity index (χ2v) is 12.6. The Labute approximate surface area is 289 Å². The number of hydrogen-bond donors (Lipinski definition) is 0. The van der Waals surface area contributed by atoms with Gasteiger partial charge < -0.3 is 13.3 Å². The standard InChI is InChI=1S/C44H24N4O3/c1-3-11-25(12-4-1)41-46-42(48-43(47-41)31-18-10-20-33-37(31)30-15-7-8-19-32(30)49-33)29-17-9-16-28-27(29)21-22-34-38(28)39-35(50-34)23-24-36-40(39)45-44(51-36)26-13-5-2-6-14-26/h1-24H. The third-order valence-electron chi connectivity index (χ3n) is 9.59. The summed E-state index contributed by atoms with van der Waals surface area (Å²) >= 11 is 0. The lowest BCUT2D eigenvalue weighted by molar-refractivity contribution is 0.619. The molecule has 0 aliphatic carbocycles. The molecular weight excluding hydrogens is 633 g/mol. The van der Waals surface area contributed by atoms with Crippen LogP contribution in [0, 0.1) is 0 Å². The smallest absolute Gasteiger partial charge is 0.227 e. The number of oxazole rings is 1. The summed E-state index contributed by atoms with van der Waals surface area (Å²) in [7, 11) is 0. The molecule has 238 valence electrons. The summed E-state index contributed by atoms with van der Waals surface area (Å²) < 4.78 is 18.9. The highest BCUT2D eigenvalue weighted by Gasteiger charge is 2.21. The second kappa shape index (κ2) is 10.7. The first-order valence-corrected chi connectivity index (χ1v) is 16.7. The fraction of sp³-hybridized carbons (Fsp3) is 0. The molecule has 11 rings (SSSR count). The Hall–Kier alpha value is -7.12. The van der Waals surface area contributed by atoms with Gasteiger partial charge in [-0.2, -0.15) is 0 Å². The van der Waals surface area contributed by atoms with E-state index in [2.05, 4.69) is 30.3 Å². The Morgan fingerprint density at radius 2 is 0.902 bits per heavy atom. The number of rotatable bonds is 4. The highest BCUT2D eigenvalue weighted by Crippen LogP contribution is 2.42. The van der Waals surface area contributed by atoms with Gasteiger partial charge in [0, 0.05) is 38.4 Å². The first kappa shape index (κ1) is 27.8. The van der Waals surface area contributed by atoms with E-state index in [0.29, 0.717) is 28.9 Å². The molecule has 4 heterocycles. The molecule has 0 saturated carbocycles. The van der Waals surface area contributed by atoms with E-state index in [1.54, 1.807) is 0 Å². The maximum atomic E-state index is 6.42. The van der Waals surface area contributed by atoms with Gasteiger partial charge in [0.05, 0.1) is 5.39 Å². The summed E-state index contributed by atoms with van der Waals surface area (Å²) in [4.78, 5) is 20.3. The van der Waals surface area contributed by atoms with Crippen molar-refractivity contribution in [2.24, 2.45) is 0 Å². The van der Waals surface area contributed by atoms with Crippen molar-refractivity contribution in [2.45, 2.75) is 0 Å². The first-order valence-electron chi connectivity index (χ1n) is 16.7. The molecule has 0 aliphatic heterocycles.